The first-order chi connectivity index (χ1) is 7.22. The Bertz CT molecular complexity index is 197. The van der Waals surface area contributed by atoms with Crippen LogP contribution in [0.15, 0.2) is 0 Å². The monoisotopic (exact) mass is 210 g/mol. The molecule has 88 valence electrons. The highest BCUT2D eigenvalue weighted by Crippen LogP contribution is 2.38. The SMILES string of the molecule is CCNC1CCN(CC2(C)CCCC2)C1. The Labute approximate surface area is 94.4 Å². The molecule has 0 aromatic carbocycles. The lowest BCUT2D eigenvalue weighted by Gasteiger charge is -2.29. The van der Waals surface area contributed by atoms with Crippen molar-refractivity contribution in [2.75, 3.05) is 26.2 Å². The number of rotatable bonds is 4. The van der Waals surface area contributed by atoms with Crippen LogP contribution < -0.4 is 5.32 Å². The normalized spacial score (nSPS) is 31.2. The van der Waals surface area contributed by atoms with Crippen molar-refractivity contribution in [1.82, 2.24) is 10.2 Å². The van der Waals surface area contributed by atoms with E-state index in [1.165, 1.54) is 51.7 Å². The van der Waals surface area contributed by atoms with Gasteiger partial charge in [-0.1, -0.05) is 26.7 Å². The molecule has 0 spiro atoms. The molecular weight excluding hydrogens is 184 g/mol. The van der Waals surface area contributed by atoms with E-state index in [1.54, 1.807) is 0 Å². The molecule has 2 aliphatic rings. The van der Waals surface area contributed by atoms with Gasteiger partial charge in [0.1, 0.15) is 0 Å². The maximum absolute atomic E-state index is 3.57. The van der Waals surface area contributed by atoms with E-state index in [2.05, 4.69) is 24.1 Å². The zero-order chi connectivity index (χ0) is 10.7. The first-order valence-corrected chi connectivity index (χ1v) is 6.68. The van der Waals surface area contributed by atoms with E-state index in [4.69, 9.17) is 0 Å². The van der Waals surface area contributed by atoms with Gasteiger partial charge in [-0.3, -0.25) is 0 Å². The van der Waals surface area contributed by atoms with Crippen molar-refractivity contribution in [2.45, 2.75) is 52.0 Å². The first kappa shape index (κ1) is 11.4. The predicted octanol–water partition coefficient (Wildman–Crippen LogP) is 2.25. The quantitative estimate of drug-likeness (QED) is 0.765. The molecule has 1 atom stereocenters. The van der Waals surface area contributed by atoms with E-state index < -0.39 is 0 Å². The number of hydrogen-bond acceptors (Lipinski definition) is 2. The van der Waals surface area contributed by atoms with Crippen LogP contribution in [0.3, 0.4) is 0 Å². The van der Waals surface area contributed by atoms with Gasteiger partial charge in [-0.15, -0.1) is 0 Å². The van der Waals surface area contributed by atoms with Crippen molar-refractivity contribution < 1.29 is 0 Å². The summed E-state index contributed by atoms with van der Waals surface area (Å²) in [6, 6.07) is 0.764. The second-order valence-corrected chi connectivity index (χ2v) is 5.80. The second-order valence-electron chi connectivity index (χ2n) is 5.80. The third-order valence-electron chi connectivity index (χ3n) is 4.18. The van der Waals surface area contributed by atoms with Crippen LogP contribution in [0.1, 0.15) is 46.0 Å². The Hall–Kier alpha value is -0.0800. The minimum Gasteiger partial charge on any atom is -0.313 e. The van der Waals surface area contributed by atoms with Gasteiger partial charge in [-0.05, 0) is 37.8 Å². The molecule has 1 saturated heterocycles. The van der Waals surface area contributed by atoms with Crippen molar-refractivity contribution in [3.63, 3.8) is 0 Å². The third kappa shape index (κ3) is 2.94. The van der Waals surface area contributed by atoms with Gasteiger partial charge >= 0.3 is 0 Å². The molecule has 2 heteroatoms. The highest BCUT2D eigenvalue weighted by molar-refractivity contribution is 4.88. The largest absolute Gasteiger partial charge is 0.313 e. The minimum atomic E-state index is 0.640. The van der Waals surface area contributed by atoms with Crippen molar-refractivity contribution in [3.05, 3.63) is 0 Å². The maximum Gasteiger partial charge on any atom is 0.0207 e. The topological polar surface area (TPSA) is 15.3 Å². The molecule has 1 N–H and O–H groups in total. The van der Waals surface area contributed by atoms with Crippen LogP contribution in [0, 0.1) is 5.41 Å². The summed E-state index contributed by atoms with van der Waals surface area (Å²) in [5, 5.41) is 3.57. The number of nitrogens with one attached hydrogen (secondary N) is 1. The van der Waals surface area contributed by atoms with Gasteiger partial charge in [0.2, 0.25) is 0 Å². The Balaban J connectivity index is 1.76. The molecule has 1 aliphatic heterocycles. The number of likely N-dealkylation sites (tertiary alicyclic amines) is 1. The van der Waals surface area contributed by atoms with Crippen LogP contribution in [-0.4, -0.2) is 37.1 Å². The lowest BCUT2D eigenvalue weighted by molar-refractivity contribution is 0.193. The van der Waals surface area contributed by atoms with Gasteiger partial charge in [0, 0.05) is 19.1 Å². The molecule has 0 aromatic heterocycles. The van der Waals surface area contributed by atoms with E-state index in [1.807, 2.05) is 0 Å². The molecule has 15 heavy (non-hydrogen) atoms. The molecule has 1 heterocycles. The van der Waals surface area contributed by atoms with Gasteiger partial charge in [0.05, 0.1) is 0 Å². The van der Waals surface area contributed by atoms with E-state index in [9.17, 15) is 0 Å². The molecular formula is C13H26N2. The van der Waals surface area contributed by atoms with E-state index >= 15 is 0 Å². The summed E-state index contributed by atoms with van der Waals surface area (Å²) < 4.78 is 0. The van der Waals surface area contributed by atoms with Crippen LogP contribution in [-0.2, 0) is 0 Å². The Morgan fingerprint density at radius 2 is 2.07 bits per heavy atom. The average Bonchev–Trinajstić information content (AvgIpc) is 2.77. The molecule has 1 aliphatic carbocycles. The van der Waals surface area contributed by atoms with Crippen molar-refractivity contribution in [1.29, 1.82) is 0 Å². The zero-order valence-electron chi connectivity index (χ0n) is 10.4. The van der Waals surface area contributed by atoms with E-state index in [0.29, 0.717) is 5.41 Å². The summed E-state index contributed by atoms with van der Waals surface area (Å²) >= 11 is 0. The highest BCUT2D eigenvalue weighted by atomic mass is 15.2. The van der Waals surface area contributed by atoms with Gasteiger partial charge in [-0.25, -0.2) is 0 Å². The maximum atomic E-state index is 3.57. The van der Waals surface area contributed by atoms with E-state index in [-0.39, 0.29) is 0 Å². The van der Waals surface area contributed by atoms with Crippen LogP contribution in [0.25, 0.3) is 0 Å². The van der Waals surface area contributed by atoms with Crippen molar-refractivity contribution >= 4 is 0 Å². The summed E-state index contributed by atoms with van der Waals surface area (Å²) in [5.41, 5.74) is 0.640. The van der Waals surface area contributed by atoms with Gasteiger partial charge in [-0.2, -0.15) is 0 Å². The van der Waals surface area contributed by atoms with Crippen LogP contribution in [0.5, 0.6) is 0 Å². The summed E-state index contributed by atoms with van der Waals surface area (Å²) in [6.45, 7) is 9.75. The predicted molar refractivity (Wildman–Crippen MR) is 65.1 cm³/mol. The molecule has 0 radical (unpaired) electrons. The fourth-order valence-electron chi connectivity index (χ4n) is 3.36. The Morgan fingerprint density at radius 1 is 1.33 bits per heavy atom. The fraction of sp³-hybridized carbons (Fsp3) is 1.00. The summed E-state index contributed by atoms with van der Waals surface area (Å²) in [7, 11) is 0. The average molecular weight is 210 g/mol. The minimum absolute atomic E-state index is 0.640. The molecule has 1 saturated carbocycles. The fourth-order valence-corrected chi connectivity index (χ4v) is 3.36. The van der Waals surface area contributed by atoms with Gasteiger partial charge < -0.3 is 10.2 Å². The van der Waals surface area contributed by atoms with Crippen LogP contribution in [0.4, 0.5) is 0 Å². The number of likely N-dealkylation sites (N-methyl/N-ethyl adjacent to an activating group) is 1. The van der Waals surface area contributed by atoms with Gasteiger partial charge in [0.15, 0.2) is 0 Å². The smallest absolute Gasteiger partial charge is 0.0207 e. The molecule has 0 amide bonds. The second kappa shape index (κ2) is 4.84. The Kier molecular flexibility index (Phi) is 3.68. The molecule has 2 fully saturated rings. The lowest BCUT2D eigenvalue weighted by Crippen LogP contribution is -2.36. The first-order valence-electron chi connectivity index (χ1n) is 6.68. The van der Waals surface area contributed by atoms with Gasteiger partial charge in [0.25, 0.3) is 0 Å². The van der Waals surface area contributed by atoms with Crippen molar-refractivity contribution in [2.24, 2.45) is 5.41 Å². The summed E-state index contributed by atoms with van der Waals surface area (Å²) in [4.78, 5) is 2.68. The summed E-state index contributed by atoms with van der Waals surface area (Å²) in [5.74, 6) is 0. The number of hydrogen-bond donors (Lipinski definition) is 1. The highest BCUT2D eigenvalue weighted by Gasteiger charge is 2.33. The number of nitrogens with zero attached hydrogens (tertiary/aromatic N) is 1. The molecule has 0 bridgehead atoms. The van der Waals surface area contributed by atoms with Crippen LogP contribution >= 0.6 is 0 Å². The molecule has 1 unspecified atom stereocenters. The van der Waals surface area contributed by atoms with Crippen LogP contribution in [0.2, 0.25) is 0 Å². The van der Waals surface area contributed by atoms with E-state index in [0.717, 1.165) is 12.6 Å². The summed E-state index contributed by atoms with van der Waals surface area (Å²) in [6.07, 6.45) is 7.18. The van der Waals surface area contributed by atoms with Crippen molar-refractivity contribution in [3.8, 4) is 0 Å². The molecule has 2 rings (SSSR count). The standard InChI is InChI=1S/C13H26N2/c1-3-14-12-6-9-15(10-12)11-13(2)7-4-5-8-13/h12,14H,3-11H2,1-2H3. The lowest BCUT2D eigenvalue weighted by atomic mass is 9.88. The third-order valence-corrected chi connectivity index (χ3v) is 4.18. The molecule has 2 nitrogen and oxygen atoms in total. The Morgan fingerprint density at radius 3 is 2.73 bits per heavy atom. The zero-order valence-corrected chi connectivity index (χ0v) is 10.4. The molecule has 0 aromatic rings.